The third kappa shape index (κ3) is 2.53. The normalized spacial score (nSPS) is 16.2. The van der Waals surface area contributed by atoms with Crippen LogP contribution < -0.4 is 20.1 Å². The van der Waals surface area contributed by atoms with Gasteiger partial charge in [-0.2, -0.15) is 0 Å². The predicted octanol–water partition coefficient (Wildman–Crippen LogP) is 1.88. The molecule has 1 saturated carbocycles. The van der Waals surface area contributed by atoms with Crippen molar-refractivity contribution in [3.05, 3.63) is 18.2 Å². The Labute approximate surface area is 109 Å². The fourth-order valence-electron chi connectivity index (χ4n) is 2.29. The molecule has 0 amide bonds. The summed E-state index contributed by atoms with van der Waals surface area (Å²) < 4.78 is 10.7. The van der Waals surface area contributed by atoms with Gasteiger partial charge in [-0.05, 0) is 31.5 Å². The average molecular weight is 250 g/mol. The predicted molar refractivity (Wildman–Crippen MR) is 73.5 cm³/mol. The largest absolute Gasteiger partial charge is 0.497 e. The summed E-state index contributed by atoms with van der Waals surface area (Å²) in [7, 11) is 5.44. The second-order valence-electron chi connectivity index (χ2n) is 5.10. The van der Waals surface area contributed by atoms with Gasteiger partial charge in [0, 0.05) is 25.1 Å². The SMILES string of the molecule is COc1ccc(OC)c(N(C)CC2(CN)CC2)c1. The van der Waals surface area contributed by atoms with Crippen LogP contribution in [-0.2, 0) is 0 Å². The first kappa shape index (κ1) is 13.0. The standard InChI is InChI=1S/C14H22N2O2/c1-16(10-14(9-15)6-7-14)12-8-11(17-2)4-5-13(12)18-3/h4-5,8H,6-7,9-10,15H2,1-3H3. The molecule has 4 heteroatoms. The van der Waals surface area contributed by atoms with Crippen molar-refractivity contribution in [1.29, 1.82) is 0 Å². The van der Waals surface area contributed by atoms with Crippen LogP contribution in [0.4, 0.5) is 5.69 Å². The quantitative estimate of drug-likeness (QED) is 0.837. The van der Waals surface area contributed by atoms with E-state index in [1.165, 1.54) is 12.8 Å². The van der Waals surface area contributed by atoms with E-state index in [9.17, 15) is 0 Å². The average Bonchev–Trinajstić information content (AvgIpc) is 3.18. The summed E-state index contributed by atoms with van der Waals surface area (Å²) in [5.74, 6) is 1.71. The highest BCUT2D eigenvalue weighted by Crippen LogP contribution is 2.46. The second-order valence-corrected chi connectivity index (χ2v) is 5.10. The second kappa shape index (κ2) is 5.06. The van der Waals surface area contributed by atoms with Gasteiger partial charge in [-0.1, -0.05) is 0 Å². The first-order valence-corrected chi connectivity index (χ1v) is 6.27. The molecule has 0 atom stereocenters. The molecule has 2 N–H and O–H groups in total. The maximum Gasteiger partial charge on any atom is 0.142 e. The number of methoxy groups -OCH3 is 2. The van der Waals surface area contributed by atoms with Gasteiger partial charge in [0.15, 0.2) is 0 Å². The van der Waals surface area contributed by atoms with Crippen LogP contribution in [0.2, 0.25) is 0 Å². The number of nitrogens with two attached hydrogens (primary N) is 1. The molecule has 0 saturated heterocycles. The molecule has 0 aliphatic heterocycles. The van der Waals surface area contributed by atoms with Gasteiger partial charge in [0.1, 0.15) is 11.5 Å². The Balaban J connectivity index is 2.19. The molecule has 100 valence electrons. The van der Waals surface area contributed by atoms with Crippen LogP contribution in [-0.4, -0.2) is 34.4 Å². The molecule has 1 fully saturated rings. The number of nitrogens with zero attached hydrogens (tertiary/aromatic N) is 1. The molecule has 0 heterocycles. The number of hydrogen-bond acceptors (Lipinski definition) is 4. The van der Waals surface area contributed by atoms with E-state index in [1.807, 2.05) is 18.2 Å². The van der Waals surface area contributed by atoms with Gasteiger partial charge in [0.25, 0.3) is 0 Å². The van der Waals surface area contributed by atoms with Crippen molar-refractivity contribution >= 4 is 5.69 Å². The number of benzene rings is 1. The van der Waals surface area contributed by atoms with Crippen molar-refractivity contribution in [2.45, 2.75) is 12.8 Å². The Morgan fingerprint density at radius 3 is 2.50 bits per heavy atom. The zero-order valence-corrected chi connectivity index (χ0v) is 11.4. The monoisotopic (exact) mass is 250 g/mol. The Morgan fingerprint density at radius 2 is 2.00 bits per heavy atom. The van der Waals surface area contributed by atoms with E-state index in [2.05, 4.69) is 11.9 Å². The fourth-order valence-corrected chi connectivity index (χ4v) is 2.29. The van der Waals surface area contributed by atoms with Crippen LogP contribution in [0, 0.1) is 5.41 Å². The van der Waals surface area contributed by atoms with Crippen molar-refractivity contribution in [1.82, 2.24) is 0 Å². The molecule has 1 aliphatic carbocycles. The van der Waals surface area contributed by atoms with Gasteiger partial charge in [-0.25, -0.2) is 0 Å². The maximum atomic E-state index is 5.84. The molecular weight excluding hydrogens is 228 g/mol. The molecule has 0 unspecified atom stereocenters. The van der Waals surface area contributed by atoms with Gasteiger partial charge in [-0.15, -0.1) is 0 Å². The van der Waals surface area contributed by atoms with Crippen LogP contribution >= 0.6 is 0 Å². The van der Waals surface area contributed by atoms with Gasteiger partial charge in [0.2, 0.25) is 0 Å². The summed E-state index contributed by atoms with van der Waals surface area (Å²) in [5.41, 5.74) is 7.20. The minimum atomic E-state index is 0.308. The van der Waals surface area contributed by atoms with E-state index >= 15 is 0 Å². The summed E-state index contributed by atoms with van der Waals surface area (Å²) in [5, 5.41) is 0. The van der Waals surface area contributed by atoms with E-state index in [1.54, 1.807) is 14.2 Å². The lowest BCUT2D eigenvalue weighted by Crippen LogP contribution is -2.31. The number of hydrogen-bond donors (Lipinski definition) is 1. The molecule has 18 heavy (non-hydrogen) atoms. The van der Waals surface area contributed by atoms with Crippen molar-refractivity contribution in [2.75, 3.05) is 39.3 Å². The third-order valence-electron chi connectivity index (χ3n) is 3.76. The first-order chi connectivity index (χ1) is 8.64. The summed E-state index contributed by atoms with van der Waals surface area (Å²) >= 11 is 0. The van der Waals surface area contributed by atoms with Crippen molar-refractivity contribution in [3.8, 4) is 11.5 Å². The van der Waals surface area contributed by atoms with Crippen LogP contribution in [0.15, 0.2) is 18.2 Å². The Morgan fingerprint density at radius 1 is 1.28 bits per heavy atom. The Kier molecular flexibility index (Phi) is 3.66. The lowest BCUT2D eigenvalue weighted by molar-refractivity contribution is 0.402. The van der Waals surface area contributed by atoms with Crippen molar-refractivity contribution in [2.24, 2.45) is 11.1 Å². The van der Waals surface area contributed by atoms with Crippen LogP contribution in [0.3, 0.4) is 0 Å². The topological polar surface area (TPSA) is 47.7 Å². The molecule has 0 bridgehead atoms. The zero-order chi connectivity index (χ0) is 13.2. The zero-order valence-electron chi connectivity index (χ0n) is 11.4. The number of anilines is 1. The Bertz CT molecular complexity index is 416. The van der Waals surface area contributed by atoms with Gasteiger partial charge >= 0.3 is 0 Å². The summed E-state index contributed by atoms with van der Waals surface area (Å²) in [4.78, 5) is 2.21. The fraction of sp³-hybridized carbons (Fsp3) is 0.571. The number of ether oxygens (including phenoxy) is 2. The molecule has 1 aliphatic rings. The highest BCUT2D eigenvalue weighted by atomic mass is 16.5. The molecule has 1 aromatic rings. The summed E-state index contributed by atoms with van der Waals surface area (Å²) in [6.45, 7) is 1.72. The maximum absolute atomic E-state index is 5.84. The van der Waals surface area contributed by atoms with E-state index < -0.39 is 0 Å². The van der Waals surface area contributed by atoms with E-state index in [-0.39, 0.29) is 0 Å². The highest BCUT2D eigenvalue weighted by Gasteiger charge is 2.42. The van der Waals surface area contributed by atoms with Crippen LogP contribution in [0.1, 0.15) is 12.8 Å². The van der Waals surface area contributed by atoms with E-state index in [0.29, 0.717) is 5.41 Å². The van der Waals surface area contributed by atoms with Crippen LogP contribution in [0.25, 0.3) is 0 Å². The smallest absolute Gasteiger partial charge is 0.142 e. The minimum Gasteiger partial charge on any atom is -0.497 e. The highest BCUT2D eigenvalue weighted by molar-refractivity contribution is 5.61. The van der Waals surface area contributed by atoms with Crippen molar-refractivity contribution < 1.29 is 9.47 Å². The summed E-state index contributed by atoms with van der Waals surface area (Å²) in [6.07, 6.45) is 2.44. The first-order valence-electron chi connectivity index (χ1n) is 6.27. The van der Waals surface area contributed by atoms with E-state index in [4.69, 9.17) is 15.2 Å². The van der Waals surface area contributed by atoms with Gasteiger partial charge < -0.3 is 20.1 Å². The van der Waals surface area contributed by atoms with Gasteiger partial charge in [-0.3, -0.25) is 0 Å². The molecule has 4 nitrogen and oxygen atoms in total. The third-order valence-corrected chi connectivity index (χ3v) is 3.76. The Hall–Kier alpha value is -1.42. The molecule has 2 rings (SSSR count). The summed E-state index contributed by atoms with van der Waals surface area (Å²) in [6, 6.07) is 5.85. The molecule has 0 radical (unpaired) electrons. The molecule has 0 aromatic heterocycles. The number of rotatable bonds is 6. The van der Waals surface area contributed by atoms with Crippen molar-refractivity contribution in [3.63, 3.8) is 0 Å². The molecule has 0 spiro atoms. The molecular formula is C14H22N2O2. The van der Waals surface area contributed by atoms with Crippen LogP contribution in [0.5, 0.6) is 11.5 Å². The van der Waals surface area contributed by atoms with Gasteiger partial charge in [0.05, 0.1) is 19.9 Å². The minimum absolute atomic E-state index is 0.308. The molecule has 1 aromatic carbocycles. The van der Waals surface area contributed by atoms with E-state index in [0.717, 1.165) is 30.3 Å². The lowest BCUT2D eigenvalue weighted by Gasteiger charge is -2.26. The lowest BCUT2D eigenvalue weighted by atomic mass is 10.1.